The first-order valence-electron chi connectivity index (χ1n) is 10.8. The van der Waals surface area contributed by atoms with Crippen LogP contribution in [-0.4, -0.2) is 48.5 Å². The Morgan fingerprint density at radius 3 is 2.70 bits per heavy atom. The lowest BCUT2D eigenvalue weighted by molar-refractivity contribution is -0.122. The lowest BCUT2D eigenvalue weighted by Crippen LogP contribution is -2.50. The molecule has 0 atom stereocenters. The summed E-state index contributed by atoms with van der Waals surface area (Å²) in [6, 6.07) is 6.10. The van der Waals surface area contributed by atoms with E-state index < -0.39 is 0 Å². The molecule has 1 aliphatic heterocycles. The summed E-state index contributed by atoms with van der Waals surface area (Å²) in [6.07, 6.45) is 4.72. The number of hydrogen-bond acceptors (Lipinski definition) is 6. The Bertz CT molecular complexity index is 937. The third-order valence-electron chi connectivity index (χ3n) is 6.02. The average Bonchev–Trinajstić information content (AvgIpc) is 3.43. The van der Waals surface area contributed by atoms with Crippen molar-refractivity contribution in [3.63, 3.8) is 0 Å². The molecule has 1 aliphatic carbocycles. The standard InChI is InChI=1S/C23H29N5O2/c1-16(2)22-19-7-3-6-18(19)20(13-24)23(26-22)28-10-8-27(9-11-28)15-21(29)25-14-17-5-4-12-30-17/h4-5,12,16H,3,6-11,14-15H2,1-2H3,(H,25,29). The zero-order chi connectivity index (χ0) is 21.1. The average molecular weight is 408 g/mol. The number of nitrogens with zero attached hydrogens (tertiary/aromatic N) is 4. The van der Waals surface area contributed by atoms with Crippen molar-refractivity contribution in [3.05, 3.63) is 46.5 Å². The van der Waals surface area contributed by atoms with Gasteiger partial charge in [-0.3, -0.25) is 9.69 Å². The van der Waals surface area contributed by atoms with Crippen LogP contribution in [0.25, 0.3) is 0 Å². The van der Waals surface area contributed by atoms with Gasteiger partial charge in [0.05, 0.1) is 24.9 Å². The molecule has 2 aliphatic rings. The molecule has 30 heavy (non-hydrogen) atoms. The molecule has 0 spiro atoms. The number of pyridine rings is 1. The number of amides is 1. The van der Waals surface area contributed by atoms with Gasteiger partial charge in [0.25, 0.3) is 0 Å². The summed E-state index contributed by atoms with van der Waals surface area (Å²) in [5.74, 6) is 1.93. The quantitative estimate of drug-likeness (QED) is 0.792. The highest BCUT2D eigenvalue weighted by atomic mass is 16.3. The maximum absolute atomic E-state index is 12.2. The SMILES string of the molecule is CC(C)c1nc(N2CCN(CC(=O)NCc3ccco3)CC2)c(C#N)c2c1CCC2. The van der Waals surface area contributed by atoms with Crippen molar-refractivity contribution in [2.24, 2.45) is 0 Å². The number of nitrogens with one attached hydrogen (secondary N) is 1. The summed E-state index contributed by atoms with van der Waals surface area (Å²) >= 11 is 0. The number of furan rings is 1. The molecule has 7 heteroatoms. The van der Waals surface area contributed by atoms with E-state index in [2.05, 4.69) is 35.0 Å². The first kappa shape index (κ1) is 20.4. The molecule has 0 bridgehead atoms. The van der Waals surface area contributed by atoms with Gasteiger partial charge in [-0.15, -0.1) is 0 Å². The summed E-state index contributed by atoms with van der Waals surface area (Å²) in [7, 11) is 0. The summed E-state index contributed by atoms with van der Waals surface area (Å²) in [5.41, 5.74) is 4.43. The number of hydrogen-bond donors (Lipinski definition) is 1. The first-order chi connectivity index (χ1) is 14.6. The number of carbonyl (C=O) groups excluding carboxylic acids is 1. The second-order valence-corrected chi connectivity index (χ2v) is 8.39. The zero-order valence-electron chi connectivity index (χ0n) is 17.8. The lowest BCUT2D eigenvalue weighted by atomic mass is 9.97. The Balaban J connectivity index is 1.40. The Kier molecular flexibility index (Phi) is 6.05. The smallest absolute Gasteiger partial charge is 0.234 e. The van der Waals surface area contributed by atoms with E-state index in [-0.39, 0.29) is 5.91 Å². The zero-order valence-corrected chi connectivity index (χ0v) is 17.8. The fraction of sp³-hybridized carbons (Fsp3) is 0.522. The van der Waals surface area contributed by atoms with Gasteiger partial charge >= 0.3 is 0 Å². The third kappa shape index (κ3) is 4.19. The molecule has 2 aromatic heterocycles. The molecule has 1 saturated heterocycles. The predicted molar refractivity (Wildman–Crippen MR) is 114 cm³/mol. The van der Waals surface area contributed by atoms with Crippen LogP contribution in [0.4, 0.5) is 5.82 Å². The second-order valence-electron chi connectivity index (χ2n) is 8.39. The van der Waals surface area contributed by atoms with E-state index in [0.29, 0.717) is 19.0 Å². The van der Waals surface area contributed by atoms with Crippen LogP contribution in [-0.2, 0) is 24.2 Å². The normalized spacial score (nSPS) is 16.5. The van der Waals surface area contributed by atoms with E-state index in [1.807, 2.05) is 12.1 Å². The molecule has 4 rings (SSSR count). The number of fused-ring (bicyclic) bond motifs is 1. The number of anilines is 1. The van der Waals surface area contributed by atoms with Gasteiger partial charge in [-0.2, -0.15) is 5.26 Å². The molecule has 1 fully saturated rings. The Morgan fingerprint density at radius 1 is 1.27 bits per heavy atom. The fourth-order valence-corrected chi connectivity index (χ4v) is 4.47. The number of piperazine rings is 1. The number of nitriles is 1. The molecule has 1 amide bonds. The highest BCUT2D eigenvalue weighted by Gasteiger charge is 2.28. The van der Waals surface area contributed by atoms with Crippen LogP contribution in [0.1, 0.15) is 54.3 Å². The molecule has 3 heterocycles. The molecule has 158 valence electrons. The summed E-state index contributed by atoms with van der Waals surface area (Å²) in [4.78, 5) is 21.6. The summed E-state index contributed by atoms with van der Waals surface area (Å²) in [6.45, 7) is 8.21. The fourth-order valence-electron chi connectivity index (χ4n) is 4.47. The molecule has 0 radical (unpaired) electrons. The van der Waals surface area contributed by atoms with E-state index in [1.165, 1.54) is 11.1 Å². The van der Waals surface area contributed by atoms with Gasteiger partial charge in [-0.25, -0.2) is 4.98 Å². The summed E-state index contributed by atoms with van der Waals surface area (Å²) in [5, 5.41) is 12.8. The molecular weight excluding hydrogens is 378 g/mol. The highest BCUT2D eigenvalue weighted by molar-refractivity contribution is 5.78. The predicted octanol–water partition coefficient (Wildman–Crippen LogP) is 2.60. The topological polar surface area (TPSA) is 85.4 Å². The van der Waals surface area contributed by atoms with E-state index in [0.717, 1.165) is 68.3 Å². The Hall–Kier alpha value is -2.85. The highest BCUT2D eigenvalue weighted by Crippen LogP contribution is 2.35. The minimum absolute atomic E-state index is 0.00434. The van der Waals surface area contributed by atoms with Gasteiger partial charge in [0.1, 0.15) is 17.6 Å². The van der Waals surface area contributed by atoms with Crippen LogP contribution < -0.4 is 10.2 Å². The Morgan fingerprint density at radius 2 is 2.03 bits per heavy atom. The molecule has 2 aromatic rings. The molecule has 0 unspecified atom stereocenters. The Labute approximate surface area is 177 Å². The van der Waals surface area contributed by atoms with E-state index in [1.54, 1.807) is 6.26 Å². The van der Waals surface area contributed by atoms with Crippen LogP contribution in [0.5, 0.6) is 0 Å². The van der Waals surface area contributed by atoms with Crippen LogP contribution in [0.15, 0.2) is 22.8 Å². The second kappa shape index (κ2) is 8.88. The molecule has 7 nitrogen and oxygen atoms in total. The number of rotatable bonds is 6. The van der Waals surface area contributed by atoms with Gasteiger partial charge in [-0.1, -0.05) is 13.8 Å². The monoisotopic (exact) mass is 407 g/mol. The minimum atomic E-state index is -0.00434. The lowest BCUT2D eigenvalue weighted by Gasteiger charge is -2.36. The van der Waals surface area contributed by atoms with E-state index in [9.17, 15) is 10.1 Å². The van der Waals surface area contributed by atoms with Crippen LogP contribution in [0.3, 0.4) is 0 Å². The largest absolute Gasteiger partial charge is 0.467 e. The van der Waals surface area contributed by atoms with Crippen molar-refractivity contribution in [2.45, 2.75) is 45.6 Å². The van der Waals surface area contributed by atoms with Crippen molar-refractivity contribution >= 4 is 11.7 Å². The van der Waals surface area contributed by atoms with Crippen molar-refractivity contribution in [1.29, 1.82) is 5.26 Å². The van der Waals surface area contributed by atoms with Crippen molar-refractivity contribution in [3.8, 4) is 6.07 Å². The van der Waals surface area contributed by atoms with Gasteiger partial charge in [0.15, 0.2) is 0 Å². The van der Waals surface area contributed by atoms with Crippen LogP contribution >= 0.6 is 0 Å². The maximum atomic E-state index is 12.2. The van der Waals surface area contributed by atoms with Crippen molar-refractivity contribution in [2.75, 3.05) is 37.6 Å². The van der Waals surface area contributed by atoms with Crippen molar-refractivity contribution in [1.82, 2.24) is 15.2 Å². The van der Waals surface area contributed by atoms with E-state index >= 15 is 0 Å². The third-order valence-corrected chi connectivity index (χ3v) is 6.02. The van der Waals surface area contributed by atoms with Crippen LogP contribution in [0, 0.1) is 11.3 Å². The number of aromatic nitrogens is 1. The van der Waals surface area contributed by atoms with Gasteiger partial charge < -0.3 is 14.6 Å². The van der Waals surface area contributed by atoms with Crippen molar-refractivity contribution < 1.29 is 9.21 Å². The summed E-state index contributed by atoms with van der Waals surface area (Å²) < 4.78 is 5.25. The first-order valence-corrected chi connectivity index (χ1v) is 10.8. The molecular formula is C23H29N5O2. The van der Waals surface area contributed by atoms with Crippen LogP contribution in [0.2, 0.25) is 0 Å². The van der Waals surface area contributed by atoms with Gasteiger partial charge in [-0.05, 0) is 48.4 Å². The maximum Gasteiger partial charge on any atom is 0.234 e. The molecule has 1 N–H and O–H groups in total. The van der Waals surface area contributed by atoms with Gasteiger partial charge in [0, 0.05) is 31.9 Å². The van der Waals surface area contributed by atoms with E-state index in [4.69, 9.17) is 9.40 Å². The minimum Gasteiger partial charge on any atom is -0.467 e. The van der Waals surface area contributed by atoms with Gasteiger partial charge in [0.2, 0.25) is 5.91 Å². The molecule has 0 aromatic carbocycles. The number of carbonyl (C=O) groups is 1. The molecule has 0 saturated carbocycles.